The van der Waals surface area contributed by atoms with Crippen molar-refractivity contribution in [3.05, 3.63) is 42.5 Å². The summed E-state index contributed by atoms with van der Waals surface area (Å²) in [5.74, 6) is -0.166. The van der Waals surface area contributed by atoms with Crippen LogP contribution in [0.3, 0.4) is 0 Å². The van der Waals surface area contributed by atoms with Gasteiger partial charge in [0.05, 0.1) is 11.7 Å². The highest BCUT2D eigenvalue weighted by Gasteiger charge is 2.06. The Kier molecular flexibility index (Phi) is 3.69. The number of aromatic nitrogens is 3. The summed E-state index contributed by atoms with van der Waals surface area (Å²) in [7, 11) is 0. The van der Waals surface area contributed by atoms with Crippen LogP contribution in [0.1, 0.15) is 12.5 Å². The molecule has 1 amide bonds. The number of hydrogen-bond acceptors (Lipinski definition) is 4. The molecular weight excluding hydrogens is 230 g/mol. The van der Waals surface area contributed by atoms with E-state index in [0.29, 0.717) is 6.54 Å². The van der Waals surface area contributed by atoms with Crippen LogP contribution in [0.15, 0.2) is 36.9 Å². The molecule has 0 bridgehead atoms. The van der Waals surface area contributed by atoms with E-state index in [1.165, 1.54) is 6.33 Å². The Hall–Kier alpha value is -2.21. The van der Waals surface area contributed by atoms with E-state index in [1.807, 2.05) is 24.3 Å². The number of hydrogen-bond donors (Lipinski definition) is 2. The van der Waals surface area contributed by atoms with Crippen LogP contribution in [-0.2, 0) is 11.3 Å². The molecule has 0 fully saturated rings. The molecule has 0 aliphatic carbocycles. The zero-order chi connectivity index (χ0) is 13.0. The fourth-order valence-corrected chi connectivity index (χ4v) is 1.50. The average molecular weight is 245 g/mol. The van der Waals surface area contributed by atoms with Crippen molar-refractivity contribution in [1.29, 1.82) is 0 Å². The molecule has 1 aromatic carbocycles. The first kappa shape index (κ1) is 12.3. The lowest BCUT2D eigenvalue weighted by Gasteiger charge is -2.08. The van der Waals surface area contributed by atoms with Crippen LogP contribution in [0.4, 0.5) is 0 Å². The molecule has 0 aliphatic rings. The van der Waals surface area contributed by atoms with Crippen molar-refractivity contribution in [3.63, 3.8) is 0 Å². The second-order valence-electron chi connectivity index (χ2n) is 4.02. The van der Waals surface area contributed by atoms with Gasteiger partial charge in [-0.25, -0.2) is 9.67 Å². The smallest absolute Gasteiger partial charge is 0.236 e. The summed E-state index contributed by atoms with van der Waals surface area (Å²) in [6.07, 6.45) is 3.10. The first-order chi connectivity index (χ1) is 8.66. The second-order valence-corrected chi connectivity index (χ2v) is 4.02. The quantitative estimate of drug-likeness (QED) is 0.807. The minimum Gasteiger partial charge on any atom is -0.351 e. The summed E-state index contributed by atoms with van der Waals surface area (Å²) in [6, 6.07) is 7.21. The molecule has 18 heavy (non-hydrogen) atoms. The van der Waals surface area contributed by atoms with Crippen LogP contribution in [0.5, 0.6) is 0 Å². The van der Waals surface area contributed by atoms with Crippen molar-refractivity contribution in [2.75, 3.05) is 0 Å². The fraction of sp³-hybridized carbons (Fsp3) is 0.250. The molecule has 2 rings (SSSR count). The molecule has 6 nitrogen and oxygen atoms in total. The molecule has 3 N–H and O–H groups in total. The number of nitrogens with two attached hydrogens (primary N) is 1. The first-order valence-electron chi connectivity index (χ1n) is 5.64. The molecule has 1 heterocycles. The number of nitrogens with one attached hydrogen (secondary N) is 1. The molecular formula is C12H15N5O. The van der Waals surface area contributed by atoms with Crippen molar-refractivity contribution < 1.29 is 4.79 Å². The van der Waals surface area contributed by atoms with E-state index < -0.39 is 6.04 Å². The van der Waals surface area contributed by atoms with Gasteiger partial charge >= 0.3 is 0 Å². The van der Waals surface area contributed by atoms with Crippen molar-refractivity contribution >= 4 is 5.91 Å². The van der Waals surface area contributed by atoms with Gasteiger partial charge in [0.2, 0.25) is 5.91 Å². The van der Waals surface area contributed by atoms with E-state index in [-0.39, 0.29) is 5.91 Å². The molecule has 1 atom stereocenters. The van der Waals surface area contributed by atoms with Crippen LogP contribution in [0.2, 0.25) is 0 Å². The summed E-state index contributed by atoms with van der Waals surface area (Å²) in [5, 5.41) is 6.81. The van der Waals surface area contributed by atoms with E-state index >= 15 is 0 Å². The maximum absolute atomic E-state index is 11.4. The van der Waals surface area contributed by atoms with Gasteiger partial charge < -0.3 is 11.1 Å². The summed E-state index contributed by atoms with van der Waals surface area (Å²) in [4.78, 5) is 15.3. The Balaban J connectivity index is 2.06. The van der Waals surface area contributed by atoms with Gasteiger partial charge in [0.15, 0.2) is 0 Å². The Morgan fingerprint density at radius 2 is 2.39 bits per heavy atom. The summed E-state index contributed by atoms with van der Waals surface area (Å²) < 4.78 is 1.66. The van der Waals surface area contributed by atoms with E-state index in [2.05, 4.69) is 15.4 Å². The molecule has 6 heteroatoms. The van der Waals surface area contributed by atoms with Crippen molar-refractivity contribution in [3.8, 4) is 5.69 Å². The zero-order valence-electron chi connectivity index (χ0n) is 10.1. The summed E-state index contributed by atoms with van der Waals surface area (Å²) in [6.45, 7) is 2.10. The van der Waals surface area contributed by atoms with Crippen LogP contribution < -0.4 is 11.1 Å². The number of nitrogens with zero attached hydrogens (tertiary/aromatic N) is 3. The van der Waals surface area contributed by atoms with Crippen molar-refractivity contribution in [1.82, 2.24) is 20.1 Å². The maximum Gasteiger partial charge on any atom is 0.236 e. The number of amides is 1. The molecule has 0 radical (unpaired) electrons. The molecule has 1 aromatic heterocycles. The van der Waals surface area contributed by atoms with Crippen LogP contribution in [-0.4, -0.2) is 26.7 Å². The first-order valence-corrected chi connectivity index (χ1v) is 5.64. The molecule has 0 saturated carbocycles. The van der Waals surface area contributed by atoms with Gasteiger partial charge in [-0.05, 0) is 24.6 Å². The molecule has 94 valence electrons. The number of benzene rings is 1. The highest BCUT2D eigenvalue weighted by molar-refractivity contribution is 5.80. The van der Waals surface area contributed by atoms with Gasteiger partial charge in [0.1, 0.15) is 12.7 Å². The van der Waals surface area contributed by atoms with Crippen LogP contribution in [0, 0.1) is 0 Å². The van der Waals surface area contributed by atoms with Crippen molar-refractivity contribution in [2.24, 2.45) is 5.73 Å². The van der Waals surface area contributed by atoms with Crippen LogP contribution >= 0.6 is 0 Å². The van der Waals surface area contributed by atoms with Gasteiger partial charge in [-0.15, -0.1) is 0 Å². The van der Waals surface area contributed by atoms with Gasteiger partial charge in [0.25, 0.3) is 0 Å². The van der Waals surface area contributed by atoms with Gasteiger partial charge in [-0.2, -0.15) is 5.10 Å². The largest absolute Gasteiger partial charge is 0.351 e. The minimum absolute atomic E-state index is 0.166. The maximum atomic E-state index is 11.4. The normalized spacial score (nSPS) is 12.1. The molecule has 0 spiro atoms. The molecule has 0 saturated heterocycles. The molecule has 2 aromatic rings. The van der Waals surface area contributed by atoms with E-state index in [4.69, 9.17) is 5.73 Å². The second kappa shape index (κ2) is 5.42. The predicted molar refractivity (Wildman–Crippen MR) is 66.9 cm³/mol. The lowest BCUT2D eigenvalue weighted by molar-refractivity contribution is -0.122. The Bertz CT molecular complexity index is 521. The molecule has 0 unspecified atom stereocenters. The van der Waals surface area contributed by atoms with Gasteiger partial charge in [0, 0.05) is 6.54 Å². The monoisotopic (exact) mass is 245 g/mol. The summed E-state index contributed by atoms with van der Waals surface area (Å²) >= 11 is 0. The highest BCUT2D eigenvalue weighted by Crippen LogP contribution is 2.08. The SMILES string of the molecule is C[C@H](N)C(=O)NCc1cccc(-n2cncn2)c1. The highest BCUT2D eigenvalue weighted by atomic mass is 16.2. The van der Waals surface area contributed by atoms with Crippen LogP contribution in [0.25, 0.3) is 5.69 Å². The number of rotatable bonds is 4. The topological polar surface area (TPSA) is 85.8 Å². The Morgan fingerprint density at radius 3 is 3.06 bits per heavy atom. The third kappa shape index (κ3) is 2.92. The van der Waals surface area contributed by atoms with Gasteiger partial charge in [-0.3, -0.25) is 4.79 Å². The van der Waals surface area contributed by atoms with Crippen molar-refractivity contribution in [2.45, 2.75) is 19.5 Å². The third-order valence-corrected chi connectivity index (χ3v) is 2.47. The standard InChI is InChI=1S/C12H15N5O/c1-9(13)12(18)15-6-10-3-2-4-11(5-10)17-8-14-7-16-17/h2-5,7-9H,6,13H2,1H3,(H,15,18)/t9-/m0/s1. The molecule has 0 aliphatic heterocycles. The summed E-state index contributed by atoms with van der Waals surface area (Å²) in [5.41, 5.74) is 7.36. The fourth-order valence-electron chi connectivity index (χ4n) is 1.50. The Labute approximate surface area is 105 Å². The minimum atomic E-state index is -0.497. The van der Waals surface area contributed by atoms with Gasteiger partial charge in [-0.1, -0.05) is 12.1 Å². The average Bonchev–Trinajstić information content (AvgIpc) is 2.90. The predicted octanol–water partition coefficient (Wildman–Crippen LogP) is 0.231. The van der Waals surface area contributed by atoms with E-state index in [9.17, 15) is 4.79 Å². The number of carbonyl (C=O) groups excluding carboxylic acids is 1. The lowest BCUT2D eigenvalue weighted by atomic mass is 10.2. The zero-order valence-corrected chi connectivity index (χ0v) is 10.1. The lowest BCUT2D eigenvalue weighted by Crippen LogP contribution is -2.37. The van der Waals surface area contributed by atoms with E-state index in [1.54, 1.807) is 17.9 Å². The Morgan fingerprint density at radius 1 is 1.56 bits per heavy atom. The number of carbonyl (C=O) groups is 1. The van der Waals surface area contributed by atoms with E-state index in [0.717, 1.165) is 11.3 Å². The third-order valence-electron chi connectivity index (χ3n) is 2.47.